The fraction of sp³-hybridized carbons (Fsp3) is 0.467. The molecule has 1 aromatic carbocycles. The zero-order chi connectivity index (χ0) is 17.2. The molecule has 0 aliphatic carbocycles. The molecule has 8 nitrogen and oxygen atoms in total. The second-order valence-electron chi connectivity index (χ2n) is 4.94. The average molecular weight is 327 g/mol. The predicted molar refractivity (Wildman–Crippen MR) is 79.2 cm³/mol. The first kappa shape index (κ1) is 19.2. The lowest BCUT2D eigenvalue weighted by atomic mass is 10.0. The van der Waals surface area contributed by atoms with Crippen LogP contribution in [-0.4, -0.2) is 70.2 Å². The minimum absolute atomic E-state index is 0.203. The number of amides is 1. The van der Waals surface area contributed by atoms with Crippen molar-refractivity contribution in [3.8, 4) is 0 Å². The van der Waals surface area contributed by atoms with Gasteiger partial charge >= 0.3 is 0 Å². The number of carbonyl (C=O) groups is 2. The summed E-state index contributed by atoms with van der Waals surface area (Å²) < 4.78 is 5.17. The number of aldehydes is 1. The highest BCUT2D eigenvalue weighted by atomic mass is 16.5. The van der Waals surface area contributed by atoms with Crippen LogP contribution in [-0.2, 0) is 20.9 Å². The Bertz CT molecular complexity index is 482. The summed E-state index contributed by atoms with van der Waals surface area (Å²) in [6.45, 7) is -0.934. The van der Waals surface area contributed by atoms with Crippen molar-refractivity contribution in [3.05, 3.63) is 35.9 Å². The highest BCUT2D eigenvalue weighted by Gasteiger charge is 2.31. The number of benzene rings is 1. The van der Waals surface area contributed by atoms with Crippen molar-refractivity contribution in [1.29, 1.82) is 0 Å². The summed E-state index contributed by atoms with van der Waals surface area (Å²) in [6.07, 6.45) is -4.93. The molecule has 5 N–H and O–H groups in total. The molecule has 0 heterocycles. The van der Waals surface area contributed by atoms with Gasteiger partial charge in [0, 0.05) is 0 Å². The fourth-order valence-corrected chi connectivity index (χ4v) is 1.81. The Morgan fingerprint density at radius 1 is 1.17 bits per heavy atom. The van der Waals surface area contributed by atoms with Gasteiger partial charge in [-0.3, -0.25) is 4.79 Å². The second-order valence-corrected chi connectivity index (χ2v) is 4.94. The van der Waals surface area contributed by atoms with Crippen LogP contribution in [0.5, 0.6) is 0 Å². The third kappa shape index (κ3) is 6.43. The van der Waals surface area contributed by atoms with Gasteiger partial charge in [-0.15, -0.1) is 0 Å². The number of ether oxygens (including phenoxy) is 1. The summed E-state index contributed by atoms with van der Waals surface area (Å²) in [5, 5.41) is 39.4. The average Bonchev–Trinajstić information content (AvgIpc) is 2.58. The van der Waals surface area contributed by atoms with Gasteiger partial charge in [-0.05, 0) is 5.56 Å². The Kier molecular flexibility index (Phi) is 8.38. The van der Waals surface area contributed by atoms with Crippen LogP contribution in [0.4, 0.5) is 0 Å². The van der Waals surface area contributed by atoms with Crippen LogP contribution in [0, 0.1) is 0 Å². The summed E-state index contributed by atoms with van der Waals surface area (Å²) in [5.74, 6) is -0.664. The standard InChI is InChI=1S/C15H21NO7/c17-6-11(14(21)15(22)12(19)7-18)16-13(20)9-23-8-10-4-2-1-3-5-10/h1-6,11-12,14-15,18-19,21-22H,7-9H2,(H,16,20)/t11-,12-,14-,15-/m1/s1. The van der Waals surface area contributed by atoms with E-state index in [1.807, 2.05) is 30.3 Å². The van der Waals surface area contributed by atoms with Gasteiger partial charge in [-0.2, -0.15) is 0 Å². The first-order chi connectivity index (χ1) is 11.0. The van der Waals surface area contributed by atoms with E-state index in [4.69, 9.17) is 9.84 Å². The molecule has 8 heteroatoms. The molecular weight excluding hydrogens is 306 g/mol. The van der Waals surface area contributed by atoms with Gasteiger partial charge in [-0.25, -0.2) is 0 Å². The van der Waals surface area contributed by atoms with Gasteiger partial charge in [-0.1, -0.05) is 30.3 Å². The van der Waals surface area contributed by atoms with Crippen LogP contribution < -0.4 is 5.32 Å². The van der Waals surface area contributed by atoms with Crippen molar-refractivity contribution in [3.63, 3.8) is 0 Å². The van der Waals surface area contributed by atoms with Gasteiger partial charge in [0.2, 0.25) is 5.91 Å². The molecule has 128 valence electrons. The molecule has 0 aliphatic rings. The summed E-state index contributed by atoms with van der Waals surface area (Å²) in [5.41, 5.74) is 0.869. The summed E-state index contributed by atoms with van der Waals surface area (Å²) in [6, 6.07) is 7.71. The van der Waals surface area contributed by atoms with Crippen LogP contribution in [0.2, 0.25) is 0 Å². The van der Waals surface area contributed by atoms with Crippen LogP contribution in [0.3, 0.4) is 0 Å². The SMILES string of the molecule is O=C[C@@H](NC(=O)COCc1ccccc1)[C@@H](O)[C@H](O)[C@H](O)CO. The molecule has 1 rings (SSSR count). The minimum atomic E-state index is -1.78. The van der Waals surface area contributed by atoms with E-state index in [9.17, 15) is 24.9 Å². The van der Waals surface area contributed by atoms with Crippen molar-refractivity contribution >= 4 is 12.2 Å². The number of rotatable bonds is 10. The molecule has 0 radical (unpaired) electrons. The molecule has 1 aromatic rings. The molecule has 0 aromatic heterocycles. The molecule has 0 spiro atoms. The molecule has 0 saturated carbocycles. The summed E-state index contributed by atoms with van der Waals surface area (Å²) >= 11 is 0. The zero-order valence-electron chi connectivity index (χ0n) is 12.4. The smallest absolute Gasteiger partial charge is 0.246 e. The molecule has 0 saturated heterocycles. The molecular formula is C15H21NO7. The van der Waals surface area contributed by atoms with Crippen molar-refractivity contribution in [2.45, 2.75) is 31.0 Å². The van der Waals surface area contributed by atoms with Crippen LogP contribution in [0.1, 0.15) is 5.56 Å². The van der Waals surface area contributed by atoms with E-state index in [0.717, 1.165) is 5.56 Å². The van der Waals surface area contributed by atoms with Gasteiger partial charge in [0.1, 0.15) is 37.2 Å². The number of hydrogen-bond donors (Lipinski definition) is 5. The number of hydrogen-bond acceptors (Lipinski definition) is 7. The van der Waals surface area contributed by atoms with E-state index in [-0.39, 0.29) is 19.5 Å². The molecule has 1 amide bonds. The fourth-order valence-electron chi connectivity index (χ4n) is 1.81. The lowest BCUT2D eigenvalue weighted by Crippen LogP contribution is -2.54. The lowest BCUT2D eigenvalue weighted by molar-refractivity contribution is -0.134. The Labute approximate surface area is 133 Å². The summed E-state index contributed by atoms with van der Waals surface area (Å²) in [7, 11) is 0. The van der Waals surface area contributed by atoms with E-state index in [1.54, 1.807) is 0 Å². The van der Waals surface area contributed by atoms with Gasteiger partial charge in [0.05, 0.1) is 13.2 Å². The van der Waals surface area contributed by atoms with E-state index >= 15 is 0 Å². The second kappa shape index (κ2) is 10.0. The molecule has 23 heavy (non-hydrogen) atoms. The quantitative estimate of drug-likeness (QED) is 0.312. The van der Waals surface area contributed by atoms with Crippen LogP contribution in [0.25, 0.3) is 0 Å². The normalized spacial score (nSPS) is 16.2. The molecule has 0 fully saturated rings. The Morgan fingerprint density at radius 3 is 2.39 bits per heavy atom. The maximum Gasteiger partial charge on any atom is 0.246 e. The molecule has 0 aliphatic heterocycles. The van der Waals surface area contributed by atoms with Crippen molar-refractivity contribution in [2.24, 2.45) is 0 Å². The van der Waals surface area contributed by atoms with E-state index in [2.05, 4.69) is 5.32 Å². The number of aliphatic hydroxyl groups is 4. The predicted octanol–water partition coefficient (Wildman–Crippen LogP) is -2.04. The third-order valence-corrected chi connectivity index (χ3v) is 3.12. The van der Waals surface area contributed by atoms with E-state index in [0.29, 0.717) is 0 Å². The topological polar surface area (TPSA) is 136 Å². The Hall–Kier alpha value is -1.84. The van der Waals surface area contributed by atoms with Gasteiger partial charge < -0.3 is 35.3 Å². The molecule has 0 bridgehead atoms. The maximum absolute atomic E-state index is 11.7. The zero-order valence-corrected chi connectivity index (χ0v) is 12.4. The van der Waals surface area contributed by atoms with E-state index in [1.165, 1.54) is 0 Å². The van der Waals surface area contributed by atoms with Crippen molar-refractivity contribution in [2.75, 3.05) is 13.2 Å². The Morgan fingerprint density at radius 2 is 1.83 bits per heavy atom. The molecule has 4 atom stereocenters. The highest BCUT2D eigenvalue weighted by Crippen LogP contribution is 2.04. The first-order valence-electron chi connectivity index (χ1n) is 7.01. The Balaban J connectivity index is 2.42. The van der Waals surface area contributed by atoms with E-state index < -0.39 is 36.9 Å². The van der Waals surface area contributed by atoms with Crippen LogP contribution >= 0.6 is 0 Å². The summed E-state index contributed by atoms with van der Waals surface area (Å²) in [4.78, 5) is 22.6. The number of aliphatic hydroxyl groups excluding tert-OH is 4. The molecule has 0 unspecified atom stereocenters. The number of carbonyl (C=O) groups excluding carboxylic acids is 2. The van der Waals surface area contributed by atoms with Crippen LogP contribution in [0.15, 0.2) is 30.3 Å². The largest absolute Gasteiger partial charge is 0.394 e. The number of nitrogens with one attached hydrogen (secondary N) is 1. The lowest BCUT2D eigenvalue weighted by Gasteiger charge is -2.26. The first-order valence-corrected chi connectivity index (χ1v) is 7.01. The van der Waals surface area contributed by atoms with Gasteiger partial charge in [0.25, 0.3) is 0 Å². The highest BCUT2D eigenvalue weighted by molar-refractivity contribution is 5.80. The minimum Gasteiger partial charge on any atom is -0.394 e. The monoisotopic (exact) mass is 327 g/mol. The third-order valence-electron chi connectivity index (χ3n) is 3.12. The van der Waals surface area contributed by atoms with Gasteiger partial charge in [0.15, 0.2) is 0 Å². The van der Waals surface area contributed by atoms with Crippen molar-refractivity contribution in [1.82, 2.24) is 5.32 Å². The van der Waals surface area contributed by atoms with Crippen molar-refractivity contribution < 1.29 is 34.8 Å². The maximum atomic E-state index is 11.7.